The number of aliphatic hydroxyl groups excluding tert-OH is 1. The molecule has 0 aliphatic carbocycles. The van der Waals surface area contributed by atoms with Gasteiger partial charge in [0.15, 0.2) is 0 Å². The monoisotopic (exact) mass is 327 g/mol. The molecule has 0 bridgehead atoms. The van der Waals surface area contributed by atoms with Gasteiger partial charge in [0.05, 0.1) is 6.10 Å². The topological polar surface area (TPSA) is 23.5 Å². The van der Waals surface area contributed by atoms with E-state index in [0.29, 0.717) is 0 Å². The third kappa shape index (κ3) is 8.17. The zero-order valence-electron chi connectivity index (χ0n) is 14.5. The summed E-state index contributed by atoms with van der Waals surface area (Å²) >= 11 is 0. The molecule has 2 nitrogen and oxygen atoms in total. The minimum Gasteiger partial charge on any atom is -0.387 e. The van der Waals surface area contributed by atoms with E-state index in [2.05, 4.69) is 25.8 Å². The van der Waals surface area contributed by atoms with Crippen molar-refractivity contribution >= 4 is 12.4 Å². The van der Waals surface area contributed by atoms with Crippen LogP contribution < -0.4 is 0 Å². The highest BCUT2D eigenvalue weighted by molar-refractivity contribution is 5.85. The van der Waals surface area contributed by atoms with Crippen LogP contribution in [0.15, 0.2) is 30.3 Å². The van der Waals surface area contributed by atoms with E-state index in [9.17, 15) is 5.11 Å². The molecule has 22 heavy (non-hydrogen) atoms. The molecule has 0 aliphatic rings. The van der Waals surface area contributed by atoms with Gasteiger partial charge in [0.1, 0.15) is 0 Å². The van der Waals surface area contributed by atoms with Crippen molar-refractivity contribution < 1.29 is 5.11 Å². The Morgan fingerprint density at radius 2 is 1.50 bits per heavy atom. The lowest BCUT2D eigenvalue weighted by Gasteiger charge is -2.29. The second-order valence-corrected chi connectivity index (χ2v) is 6.20. The molecule has 0 saturated carbocycles. The highest BCUT2D eigenvalue weighted by Crippen LogP contribution is 2.20. The van der Waals surface area contributed by atoms with Crippen molar-refractivity contribution in [2.45, 2.75) is 70.9 Å². The predicted octanol–water partition coefficient (Wildman–Crippen LogP) is 5.21. The van der Waals surface area contributed by atoms with Gasteiger partial charge in [-0.05, 0) is 32.5 Å². The number of benzene rings is 1. The van der Waals surface area contributed by atoms with Gasteiger partial charge in [-0.25, -0.2) is 0 Å². The number of halogens is 1. The standard InChI is InChI=1S/C19H33NO.ClH/c1-4-5-6-7-8-9-13-16-20(3)17(2)19(21)18-14-11-10-12-15-18;/h10-12,14-15,17,19,21H,4-9,13,16H2,1-3H3;1H. The van der Waals surface area contributed by atoms with Gasteiger partial charge in [-0.1, -0.05) is 75.8 Å². The van der Waals surface area contributed by atoms with Crippen molar-refractivity contribution in [2.75, 3.05) is 13.6 Å². The van der Waals surface area contributed by atoms with Crippen LogP contribution in [0.5, 0.6) is 0 Å². The molecule has 0 aliphatic heterocycles. The number of nitrogens with zero attached hydrogens (tertiary/aromatic N) is 1. The number of aliphatic hydroxyl groups is 1. The lowest BCUT2D eigenvalue weighted by molar-refractivity contribution is 0.0716. The van der Waals surface area contributed by atoms with Crippen molar-refractivity contribution in [3.8, 4) is 0 Å². The number of rotatable bonds is 11. The Kier molecular flexibility index (Phi) is 12.6. The largest absolute Gasteiger partial charge is 0.387 e. The SMILES string of the molecule is CCCCCCCCCN(C)C(C)C(O)c1ccccc1.Cl. The smallest absolute Gasteiger partial charge is 0.0942 e. The van der Waals surface area contributed by atoms with Crippen molar-refractivity contribution in [1.29, 1.82) is 0 Å². The van der Waals surface area contributed by atoms with Crippen molar-refractivity contribution in [1.82, 2.24) is 4.90 Å². The van der Waals surface area contributed by atoms with Crippen LogP contribution in [0.25, 0.3) is 0 Å². The van der Waals surface area contributed by atoms with Gasteiger partial charge in [-0.2, -0.15) is 0 Å². The Hall–Kier alpha value is -0.570. The summed E-state index contributed by atoms with van der Waals surface area (Å²) in [5, 5.41) is 10.4. The summed E-state index contributed by atoms with van der Waals surface area (Å²) in [5.74, 6) is 0. The van der Waals surface area contributed by atoms with Gasteiger partial charge >= 0.3 is 0 Å². The van der Waals surface area contributed by atoms with Crippen LogP contribution in [0.4, 0.5) is 0 Å². The van der Waals surface area contributed by atoms with Gasteiger partial charge in [0, 0.05) is 6.04 Å². The maximum Gasteiger partial charge on any atom is 0.0942 e. The van der Waals surface area contributed by atoms with Crippen LogP contribution in [0.1, 0.15) is 70.5 Å². The minimum absolute atomic E-state index is 0. The molecule has 0 heterocycles. The van der Waals surface area contributed by atoms with E-state index in [4.69, 9.17) is 0 Å². The zero-order valence-corrected chi connectivity index (χ0v) is 15.3. The van der Waals surface area contributed by atoms with E-state index in [1.807, 2.05) is 30.3 Å². The van der Waals surface area contributed by atoms with Gasteiger partial charge in [-0.3, -0.25) is 0 Å². The van der Waals surface area contributed by atoms with Crippen LogP contribution >= 0.6 is 12.4 Å². The molecule has 0 aromatic heterocycles. The zero-order chi connectivity index (χ0) is 15.5. The van der Waals surface area contributed by atoms with Crippen LogP contribution in [0.2, 0.25) is 0 Å². The molecular weight excluding hydrogens is 294 g/mol. The van der Waals surface area contributed by atoms with Crippen molar-refractivity contribution in [3.63, 3.8) is 0 Å². The summed E-state index contributed by atoms with van der Waals surface area (Å²) in [6, 6.07) is 10.1. The molecule has 1 aromatic rings. The van der Waals surface area contributed by atoms with Gasteiger partial charge in [0.25, 0.3) is 0 Å². The molecule has 0 radical (unpaired) electrons. The third-order valence-corrected chi connectivity index (χ3v) is 4.41. The summed E-state index contributed by atoms with van der Waals surface area (Å²) in [6.45, 7) is 5.44. The first-order chi connectivity index (χ1) is 10.2. The summed E-state index contributed by atoms with van der Waals surface area (Å²) in [6.07, 6.45) is 8.94. The van der Waals surface area contributed by atoms with E-state index in [1.54, 1.807) is 0 Å². The van der Waals surface area contributed by atoms with E-state index in [0.717, 1.165) is 12.1 Å². The summed E-state index contributed by atoms with van der Waals surface area (Å²) in [4.78, 5) is 2.28. The van der Waals surface area contributed by atoms with E-state index < -0.39 is 6.10 Å². The van der Waals surface area contributed by atoms with Gasteiger partial charge < -0.3 is 10.0 Å². The highest BCUT2D eigenvalue weighted by Gasteiger charge is 2.19. The second-order valence-electron chi connectivity index (χ2n) is 6.20. The molecular formula is C19H34ClNO. The Labute approximate surface area is 143 Å². The van der Waals surface area contributed by atoms with E-state index in [-0.39, 0.29) is 18.4 Å². The molecule has 0 fully saturated rings. The minimum atomic E-state index is -0.402. The van der Waals surface area contributed by atoms with Crippen LogP contribution in [-0.2, 0) is 0 Å². The van der Waals surface area contributed by atoms with Crippen molar-refractivity contribution in [2.24, 2.45) is 0 Å². The van der Waals surface area contributed by atoms with Crippen LogP contribution in [0.3, 0.4) is 0 Å². The number of unbranched alkanes of at least 4 members (excludes halogenated alkanes) is 6. The lowest BCUT2D eigenvalue weighted by Crippen LogP contribution is -2.35. The molecule has 2 unspecified atom stereocenters. The Morgan fingerprint density at radius 1 is 0.955 bits per heavy atom. The normalized spacial score (nSPS) is 13.7. The molecule has 1 rings (SSSR count). The fourth-order valence-corrected chi connectivity index (χ4v) is 2.69. The average Bonchev–Trinajstić information content (AvgIpc) is 2.53. The van der Waals surface area contributed by atoms with Gasteiger partial charge in [0.2, 0.25) is 0 Å². The Bertz CT molecular complexity index is 358. The quantitative estimate of drug-likeness (QED) is 0.564. The fraction of sp³-hybridized carbons (Fsp3) is 0.684. The van der Waals surface area contributed by atoms with E-state index >= 15 is 0 Å². The second kappa shape index (κ2) is 12.9. The molecule has 128 valence electrons. The first-order valence-corrected chi connectivity index (χ1v) is 8.60. The van der Waals surface area contributed by atoms with Crippen LogP contribution in [0, 0.1) is 0 Å². The van der Waals surface area contributed by atoms with Crippen LogP contribution in [-0.4, -0.2) is 29.6 Å². The Morgan fingerprint density at radius 3 is 2.09 bits per heavy atom. The maximum absolute atomic E-state index is 10.4. The first kappa shape index (κ1) is 21.4. The third-order valence-electron chi connectivity index (χ3n) is 4.41. The molecule has 1 aromatic carbocycles. The Balaban J connectivity index is 0.00000441. The fourth-order valence-electron chi connectivity index (χ4n) is 2.69. The molecule has 1 N–H and O–H groups in total. The predicted molar refractivity (Wildman–Crippen MR) is 98.7 cm³/mol. The summed E-state index contributed by atoms with van der Waals surface area (Å²) in [7, 11) is 2.12. The summed E-state index contributed by atoms with van der Waals surface area (Å²) in [5.41, 5.74) is 1.01. The number of hydrogen-bond acceptors (Lipinski definition) is 2. The summed E-state index contributed by atoms with van der Waals surface area (Å²) < 4.78 is 0. The molecule has 0 saturated heterocycles. The number of likely N-dealkylation sites (N-methyl/N-ethyl adjacent to an activating group) is 1. The first-order valence-electron chi connectivity index (χ1n) is 8.60. The highest BCUT2D eigenvalue weighted by atomic mass is 35.5. The number of hydrogen-bond donors (Lipinski definition) is 1. The van der Waals surface area contributed by atoms with Gasteiger partial charge in [-0.15, -0.1) is 12.4 Å². The lowest BCUT2D eigenvalue weighted by atomic mass is 10.0. The molecule has 0 spiro atoms. The maximum atomic E-state index is 10.4. The molecule has 3 heteroatoms. The molecule has 2 atom stereocenters. The molecule has 0 amide bonds. The average molecular weight is 328 g/mol. The van der Waals surface area contributed by atoms with E-state index in [1.165, 1.54) is 44.9 Å². The van der Waals surface area contributed by atoms with Crippen molar-refractivity contribution in [3.05, 3.63) is 35.9 Å².